The van der Waals surface area contributed by atoms with Gasteiger partial charge in [0.25, 0.3) is 0 Å². The van der Waals surface area contributed by atoms with Gasteiger partial charge in [-0.3, -0.25) is 0 Å². The van der Waals surface area contributed by atoms with Crippen LogP contribution in [-0.4, -0.2) is 22.2 Å². The molecule has 4 aromatic rings. The maximum absolute atomic E-state index is 10.7. The molecule has 3 aromatic carbocycles. The number of ether oxygens (including phenoxy) is 2. The molecule has 0 unspecified atom stereocenters. The van der Waals surface area contributed by atoms with Crippen LogP contribution in [0.15, 0.2) is 72.9 Å². The van der Waals surface area contributed by atoms with Crippen molar-refractivity contribution in [2.24, 2.45) is 0 Å². The van der Waals surface area contributed by atoms with Crippen LogP contribution in [-0.2, 0) is 6.61 Å². The lowest BCUT2D eigenvalue weighted by Crippen LogP contribution is -2.00. The minimum absolute atomic E-state index is 0.0165. The molecular formula is C24H20ClN3O3. The van der Waals surface area contributed by atoms with Crippen molar-refractivity contribution in [3.63, 3.8) is 0 Å². The number of nitrogens with two attached hydrogens (primary N) is 1. The Bertz CT molecular complexity index is 1210. The number of nitrogen functional groups attached to an aromatic ring is 1. The zero-order valence-electron chi connectivity index (χ0n) is 16.7. The standard InChI is InChI=1S/C24H20ClN3O3/c1-30-22-5-3-2-4-18(22)20-13-27-24(26)28-23(20)19-11-10-17(12-21(19)29)31-14-15-6-8-16(25)9-7-15/h2-13,29H,14H2,1H3,(H2,26,27,28). The van der Waals surface area contributed by atoms with Crippen molar-refractivity contribution in [1.29, 1.82) is 0 Å². The molecule has 0 saturated heterocycles. The van der Waals surface area contributed by atoms with E-state index in [2.05, 4.69) is 9.97 Å². The number of anilines is 1. The number of aromatic nitrogens is 2. The molecule has 4 rings (SSSR count). The summed E-state index contributed by atoms with van der Waals surface area (Å²) in [6.45, 7) is 0.350. The number of phenols is 1. The van der Waals surface area contributed by atoms with E-state index in [9.17, 15) is 5.11 Å². The maximum Gasteiger partial charge on any atom is 0.220 e. The summed E-state index contributed by atoms with van der Waals surface area (Å²) >= 11 is 5.91. The summed E-state index contributed by atoms with van der Waals surface area (Å²) in [4.78, 5) is 8.51. The number of halogens is 1. The lowest BCUT2D eigenvalue weighted by Gasteiger charge is -2.14. The first-order chi connectivity index (χ1) is 15.0. The number of hydrogen-bond acceptors (Lipinski definition) is 6. The molecule has 0 bridgehead atoms. The Morgan fingerprint density at radius 3 is 2.48 bits per heavy atom. The largest absolute Gasteiger partial charge is 0.507 e. The monoisotopic (exact) mass is 433 g/mol. The molecular weight excluding hydrogens is 414 g/mol. The second-order valence-electron chi connectivity index (χ2n) is 6.78. The molecule has 0 aliphatic carbocycles. The zero-order valence-corrected chi connectivity index (χ0v) is 17.5. The van der Waals surface area contributed by atoms with Gasteiger partial charge >= 0.3 is 0 Å². The van der Waals surface area contributed by atoms with E-state index in [0.717, 1.165) is 11.1 Å². The number of rotatable bonds is 6. The molecule has 31 heavy (non-hydrogen) atoms. The SMILES string of the molecule is COc1ccccc1-c1cnc(N)nc1-c1ccc(OCc2ccc(Cl)cc2)cc1O. The molecule has 0 amide bonds. The van der Waals surface area contributed by atoms with Gasteiger partial charge in [0, 0.05) is 34.0 Å². The van der Waals surface area contributed by atoms with Crippen molar-refractivity contribution in [2.45, 2.75) is 6.61 Å². The van der Waals surface area contributed by atoms with Gasteiger partial charge in [0.15, 0.2) is 0 Å². The van der Waals surface area contributed by atoms with Crippen LogP contribution in [0.25, 0.3) is 22.4 Å². The Kier molecular flexibility index (Phi) is 5.91. The van der Waals surface area contributed by atoms with Crippen LogP contribution in [0.5, 0.6) is 17.2 Å². The van der Waals surface area contributed by atoms with E-state index < -0.39 is 0 Å². The summed E-state index contributed by atoms with van der Waals surface area (Å²) in [7, 11) is 1.60. The Morgan fingerprint density at radius 1 is 0.968 bits per heavy atom. The van der Waals surface area contributed by atoms with Crippen molar-refractivity contribution in [2.75, 3.05) is 12.8 Å². The Labute approximate surface area is 184 Å². The van der Waals surface area contributed by atoms with Gasteiger partial charge < -0.3 is 20.3 Å². The third-order valence-electron chi connectivity index (χ3n) is 4.75. The van der Waals surface area contributed by atoms with Crippen LogP contribution >= 0.6 is 11.6 Å². The third-order valence-corrected chi connectivity index (χ3v) is 5.00. The number of hydrogen-bond donors (Lipinski definition) is 2. The van der Waals surface area contributed by atoms with Crippen molar-refractivity contribution < 1.29 is 14.6 Å². The normalized spacial score (nSPS) is 10.6. The summed E-state index contributed by atoms with van der Waals surface area (Å²) in [5, 5.41) is 11.4. The van der Waals surface area contributed by atoms with E-state index >= 15 is 0 Å². The highest BCUT2D eigenvalue weighted by atomic mass is 35.5. The molecule has 0 atom stereocenters. The second-order valence-corrected chi connectivity index (χ2v) is 7.22. The predicted octanol–water partition coefficient (Wildman–Crippen LogP) is 5.34. The highest BCUT2D eigenvalue weighted by Gasteiger charge is 2.17. The fourth-order valence-electron chi connectivity index (χ4n) is 3.21. The van der Waals surface area contributed by atoms with Gasteiger partial charge in [0.1, 0.15) is 23.9 Å². The van der Waals surface area contributed by atoms with Crippen molar-refractivity contribution in [1.82, 2.24) is 9.97 Å². The zero-order chi connectivity index (χ0) is 21.8. The summed E-state index contributed by atoms with van der Waals surface area (Å²) in [6, 6.07) is 20.0. The van der Waals surface area contributed by atoms with Gasteiger partial charge in [-0.25, -0.2) is 9.97 Å². The van der Waals surface area contributed by atoms with Crippen LogP contribution < -0.4 is 15.2 Å². The molecule has 0 radical (unpaired) electrons. The third kappa shape index (κ3) is 4.54. The van der Waals surface area contributed by atoms with Crippen molar-refractivity contribution in [3.8, 4) is 39.6 Å². The van der Waals surface area contributed by atoms with Crippen LogP contribution in [0.4, 0.5) is 5.95 Å². The Hall–Kier alpha value is -3.77. The highest BCUT2D eigenvalue weighted by Crippen LogP contribution is 2.40. The average Bonchev–Trinajstić information content (AvgIpc) is 2.79. The molecule has 0 aliphatic rings. The Balaban J connectivity index is 1.67. The minimum Gasteiger partial charge on any atom is -0.507 e. The molecule has 6 nitrogen and oxygen atoms in total. The van der Waals surface area contributed by atoms with E-state index in [1.807, 2.05) is 36.4 Å². The summed E-state index contributed by atoms with van der Waals surface area (Å²) < 4.78 is 11.3. The van der Waals surface area contributed by atoms with Crippen LogP contribution in [0.1, 0.15) is 5.56 Å². The topological polar surface area (TPSA) is 90.5 Å². The number of para-hydroxylation sites is 1. The van der Waals surface area contributed by atoms with Crippen LogP contribution in [0.2, 0.25) is 5.02 Å². The van der Waals surface area contributed by atoms with E-state index in [1.54, 1.807) is 43.6 Å². The molecule has 3 N–H and O–H groups in total. The molecule has 0 aliphatic heterocycles. The maximum atomic E-state index is 10.7. The Morgan fingerprint density at radius 2 is 1.74 bits per heavy atom. The van der Waals surface area contributed by atoms with Crippen LogP contribution in [0.3, 0.4) is 0 Å². The van der Waals surface area contributed by atoms with Crippen LogP contribution in [0, 0.1) is 0 Å². The van der Waals surface area contributed by atoms with Gasteiger partial charge in [-0.05, 0) is 35.9 Å². The molecule has 7 heteroatoms. The predicted molar refractivity (Wildman–Crippen MR) is 121 cm³/mol. The number of aromatic hydroxyl groups is 1. The highest BCUT2D eigenvalue weighted by molar-refractivity contribution is 6.30. The smallest absolute Gasteiger partial charge is 0.220 e. The molecule has 156 valence electrons. The molecule has 1 aromatic heterocycles. The second kappa shape index (κ2) is 8.93. The van der Waals surface area contributed by atoms with Gasteiger partial charge in [-0.2, -0.15) is 0 Å². The molecule has 1 heterocycles. The number of nitrogens with zero attached hydrogens (tertiary/aromatic N) is 2. The minimum atomic E-state index is 0.0165. The summed E-state index contributed by atoms with van der Waals surface area (Å²) in [5.41, 5.74) is 9.31. The fraction of sp³-hybridized carbons (Fsp3) is 0.0833. The quantitative estimate of drug-likeness (QED) is 0.426. The van der Waals surface area contributed by atoms with Crippen molar-refractivity contribution in [3.05, 3.63) is 83.5 Å². The lowest BCUT2D eigenvalue weighted by molar-refractivity contribution is 0.304. The molecule has 0 fully saturated rings. The van der Waals surface area contributed by atoms with Crippen molar-refractivity contribution >= 4 is 17.5 Å². The van der Waals surface area contributed by atoms with E-state index in [0.29, 0.717) is 39.9 Å². The lowest BCUT2D eigenvalue weighted by atomic mass is 9.99. The van der Waals surface area contributed by atoms with E-state index in [4.69, 9.17) is 26.8 Å². The molecule has 0 saturated carbocycles. The summed E-state index contributed by atoms with van der Waals surface area (Å²) in [6.07, 6.45) is 1.62. The van der Waals surface area contributed by atoms with Gasteiger partial charge in [0.05, 0.1) is 12.8 Å². The van der Waals surface area contributed by atoms with E-state index in [-0.39, 0.29) is 11.7 Å². The summed E-state index contributed by atoms with van der Waals surface area (Å²) in [5.74, 6) is 1.32. The first-order valence-electron chi connectivity index (χ1n) is 9.51. The van der Waals surface area contributed by atoms with Gasteiger partial charge in [0.2, 0.25) is 5.95 Å². The van der Waals surface area contributed by atoms with E-state index in [1.165, 1.54) is 0 Å². The van der Waals surface area contributed by atoms with Gasteiger partial charge in [-0.15, -0.1) is 0 Å². The fourth-order valence-corrected chi connectivity index (χ4v) is 3.34. The molecule has 0 spiro atoms. The average molecular weight is 434 g/mol. The first-order valence-corrected chi connectivity index (χ1v) is 9.89. The number of phenolic OH excluding ortho intramolecular Hbond substituents is 1. The van der Waals surface area contributed by atoms with Gasteiger partial charge in [-0.1, -0.05) is 41.9 Å². The number of benzene rings is 3. The number of methoxy groups -OCH3 is 1. The first kappa shape index (κ1) is 20.5.